The maximum absolute atomic E-state index is 13.6. The lowest BCUT2D eigenvalue weighted by Gasteiger charge is -2.26. The number of nitrogens with zero attached hydrogens (tertiary/aromatic N) is 1. The molecular weight excluding hydrogens is 651 g/mol. The first kappa shape index (κ1) is 51.9. The third kappa shape index (κ3) is 38.9. The average Bonchev–Trinajstić information content (AvgIpc) is 3.17. The largest absolute Gasteiger partial charge is 0.378 e. The van der Waals surface area contributed by atoms with E-state index in [4.69, 9.17) is 9.47 Å². The van der Waals surface area contributed by atoms with E-state index in [0.717, 1.165) is 39.0 Å². The van der Waals surface area contributed by atoms with Crippen molar-refractivity contribution < 1.29 is 14.3 Å². The number of amides is 1. The first-order chi connectivity index (χ1) is 26.2. The second-order valence-electron chi connectivity index (χ2n) is 16.0. The number of carbonyl (C=O) groups excluding carboxylic acids is 1. The van der Waals surface area contributed by atoms with Gasteiger partial charge in [0.25, 0.3) is 5.91 Å². The number of carbonyl (C=O) groups is 1. The summed E-state index contributed by atoms with van der Waals surface area (Å²) < 4.78 is 12.4. The minimum Gasteiger partial charge on any atom is -0.378 e. The number of hydrogen-bond donors (Lipinski definition) is 0. The third-order valence-corrected chi connectivity index (χ3v) is 10.8. The van der Waals surface area contributed by atoms with Crippen LogP contribution in [-0.2, 0) is 14.3 Å². The van der Waals surface area contributed by atoms with Crippen LogP contribution < -0.4 is 0 Å². The molecule has 0 radical (unpaired) electrons. The molecule has 0 aromatic heterocycles. The van der Waals surface area contributed by atoms with Gasteiger partial charge in [0, 0.05) is 26.3 Å². The third-order valence-electron chi connectivity index (χ3n) is 10.8. The molecule has 0 aliphatic carbocycles. The summed E-state index contributed by atoms with van der Waals surface area (Å²) >= 11 is 0. The van der Waals surface area contributed by atoms with Crippen molar-refractivity contribution in [2.24, 2.45) is 0 Å². The highest BCUT2D eigenvalue weighted by atomic mass is 16.5. The van der Waals surface area contributed by atoms with E-state index in [1.165, 1.54) is 199 Å². The van der Waals surface area contributed by atoms with Crippen LogP contribution in [0.15, 0.2) is 24.3 Å². The van der Waals surface area contributed by atoms with Gasteiger partial charge in [-0.2, -0.15) is 0 Å². The Kier molecular flexibility index (Phi) is 44.3. The first-order valence-corrected chi connectivity index (χ1v) is 24.0. The second-order valence-corrected chi connectivity index (χ2v) is 16.0. The molecule has 0 heterocycles. The highest BCUT2D eigenvalue weighted by molar-refractivity contribution is 5.81. The van der Waals surface area contributed by atoms with Gasteiger partial charge in [0.1, 0.15) is 0 Å². The van der Waals surface area contributed by atoms with Gasteiger partial charge in [-0.3, -0.25) is 4.79 Å². The molecule has 314 valence electrons. The van der Waals surface area contributed by atoms with Crippen molar-refractivity contribution in [1.29, 1.82) is 0 Å². The first-order valence-electron chi connectivity index (χ1n) is 24.0. The van der Waals surface area contributed by atoms with E-state index in [9.17, 15) is 4.79 Å². The van der Waals surface area contributed by atoms with Crippen molar-refractivity contribution in [3.8, 4) is 0 Å². The van der Waals surface area contributed by atoms with E-state index in [-0.39, 0.29) is 5.91 Å². The lowest BCUT2D eigenvalue weighted by Crippen LogP contribution is -2.43. The molecule has 4 nitrogen and oxygen atoms in total. The molecule has 0 aromatic carbocycles. The number of hydrogen-bond acceptors (Lipinski definition) is 3. The van der Waals surface area contributed by atoms with Gasteiger partial charge in [0.2, 0.25) is 0 Å². The van der Waals surface area contributed by atoms with Crippen LogP contribution in [0.1, 0.15) is 246 Å². The zero-order chi connectivity index (χ0) is 38.6. The van der Waals surface area contributed by atoms with Crippen LogP contribution in [0, 0.1) is 0 Å². The Morgan fingerprint density at radius 1 is 0.434 bits per heavy atom. The molecule has 0 aliphatic rings. The van der Waals surface area contributed by atoms with Crippen LogP contribution in [0.4, 0.5) is 0 Å². The molecule has 0 saturated carbocycles. The summed E-state index contributed by atoms with van der Waals surface area (Å²) in [4.78, 5) is 15.6. The lowest BCUT2D eigenvalue weighted by molar-refractivity contribution is -0.148. The SMILES string of the molecule is CCCCCCCC/C=C\CCCCCCCCOCC(OCCCCCCCC/C=C\CCCCCCCC)C(=O)N(CC)CCCCCCCC. The lowest BCUT2D eigenvalue weighted by atomic mass is 10.1. The molecule has 4 heteroatoms. The normalized spacial score (nSPS) is 12.5. The van der Waals surface area contributed by atoms with Gasteiger partial charge < -0.3 is 14.4 Å². The monoisotopic (exact) mass is 746 g/mol. The molecule has 0 rings (SSSR count). The molecule has 0 aromatic rings. The Hall–Kier alpha value is -1.13. The van der Waals surface area contributed by atoms with E-state index in [0.29, 0.717) is 13.2 Å². The van der Waals surface area contributed by atoms with Crippen LogP contribution in [0.5, 0.6) is 0 Å². The van der Waals surface area contributed by atoms with Crippen molar-refractivity contribution in [1.82, 2.24) is 4.90 Å². The molecule has 53 heavy (non-hydrogen) atoms. The Bertz CT molecular complexity index is 765. The summed E-state index contributed by atoms with van der Waals surface area (Å²) in [6, 6.07) is 0. The van der Waals surface area contributed by atoms with Gasteiger partial charge in [-0.05, 0) is 77.6 Å². The fourth-order valence-electron chi connectivity index (χ4n) is 7.12. The van der Waals surface area contributed by atoms with E-state index in [2.05, 4.69) is 52.0 Å². The maximum atomic E-state index is 13.6. The summed E-state index contributed by atoms with van der Waals surface area (Å²) in [5, 5.41) is 0. The van der Waals surface area contributed by atoms with Crippen molar-refractivity contribution in [2.45, 2.75) is 252 Å². The molecule has 0 spiro atoms. The van der Waals surface area contributed by atoms with Gasteiger partial charge in [-0.25, -0.2) is 0 Å². The Balaban J connectivity index is 4.22. The maximum Gasteiger partial charge on any atom is 0.254 e. The Morgan fingerprint density at radius 3 is 1.17 bits per heavy atom. The Morgan fingerprint density at radius 2 is 0.774 bits per heavy atom. The number of likely N-dealkylation sites (N-methyl/N-ethyl adjacent to an activating group) is 1. The highest BCUT2D eigenvalue weighted by Crippen LogP contribution is 2.14. The molecule has 0 bridgehead atoms. The molecule has 1 amide bonds. The molecule has 0 saturated heterocycles. The summed E-state index contributed by atoms with van der Waals surface area (Å²) in [6.07, 6.45) is 53.1. The predicted molar refractivity (Wildman–Crippen MR) is 235 cm³/mol. The molecule has 0 N–H and O–H groups in total. The quantitative estimate of drug-likeness (QED) is 0.0460. The smallest absolute Gasteiger partial charge is 0.254 e. The van der Waals surface area contributed by atoms with Gasteiger partial charge >= 0.3 is 0 Å². The van der Waals surface area contributed by atoms with Crippen molar-refractivity contribution in [3.63, 3.8) is 0 Å². The zero-order valence-electron chi connectivity index (χ0n) is 36.6. The highest BCUT2D eigenvalue weighted by Gasteiger charge is 2.24. The zero-order valence-corrected chi connectivity index (χ0v) is 36.6. The van der Waals surface area contributed by atoms with Crippen molar-refractivity contribution in [2.75, 3.05) is 32.9 Å². The van der Waals surface area contributed by atoms with Gasteiger partial charge in [-0.15, -0.1) is 0 Å². The molecule has 1 unspecified atom stereocenters. The Labute approximate surface area is 333 Å². The van der Waals surface area contributed by atoms with Crippen LogP contribution >= 0.6 is 0 Å². The van der Waals surface area contributed by atoms with Crippen molar-refractivity contribution in [3.05, 3.63) is 24.3 Å². The number of rotatable bonds is 44. The standard InChI is InChI=1S/C49H95NO3/c1-5-9-12-15-18-20-22-24-26-28-30-32-34-36-39-42-45-52-47-48(49(51)50(8-4)44-41-38-17-14-11-7-3)53-46-43-40-37-35-33-31-29-27-25-23-21-19-16-13-10-6-2/h24-27,48H,5-23,28-47H2,1-4H3/b26-24-,27-25-. The predicted octanol–water partition coefficient (Wildman–Crippen LogP) is 15.7. The fourth-order valence-corrected chi connectivity index (χ4v) is 7.12. The molecule has 0 fully saturated rings. The minimum absolute atomic E-state index is 0.131. The van der Waals surface area contributed by atoms with E-state index in [1.807, 2.05) is 4.90 Å². The summed E-state index contributed by atoms with van der Waals surface area (Å²) in [5.74, 6) is 0.131. The minimum atomic E-state index is -0.465. The van der Waals surface area contributed by atoms with E-state index in [1.54, 1.807) is 0 Å². The topological polar surface area (TPSA) is 38.8 Å². The van der Waals surface area contributed by atoms with Crippen LogP contribution in [-0.4, -0.2) is 49.8 Å². The summed E-state index contributed by atoms with van der Waals surface area (Å²) in [5.41, 5.74) is 0. The molecule has 1 atom stereocenters. The number of allylic oxidation sites excluding steroid dienone is 4. The van der Waals surface area contributed by atoms with E-state index < -0.39 is 6.10 Å². The number of ether oxygens (including phenoxy) is 2. The van der Waals surface area contributed by atoms with E-state index >= 15 is 0 Å². The van der Waals surface area contributed by atoms with Crippen molar-refractivity contribution >= 4 is 5.91 Å². The molecule has 0 aliphatic heterocycles. The molecular formula is C49H95NO3. The fraction of sp³-hybridized carbons (Fsp3) is 0.898. The van der Waals surface area contributed by atoms with Gasteiger partial charge in [0.15, 0.2) is 6.10 Å². The van der Waals surface area contributed by atoms with Crippen LogP contribution in [0.2, 0.25) is 0 Å². The summed E-state index contributed by atoms with van der Waals surface area (Å²) in [7, 11) is 0. The number of unbranched alkanes of at least 4 members (excludes halogenated alkanes) is 29. The average molecular weight is 746 g/mol. The second kappa shape index (κ2) is 45.3. The van der Waals surface area contributed by atoms with Crippen LogP contribution in [0.25, 0.3) is 0 Å². The summed E-state index contributed by atoms with van der Waals surface area (Å²) in [6.45, 7) is 12.3. The van der Waals surface area contributed by atoms with Crippen LogP contribution in [0.3, 0.4) is 0 Å². The van der Waals surface area contributed by atoms with Gasteiger partial charge in [0.05, 0.1) is 6.61 Å². The van der Waals surface area contributed by atoms with Gasteiger partial charge in [-0.1, -0.05) is 193 Å².